The molecule has 0 saturated heterocycles. The number of carboxylic acids is 1. The van der Waals surface area contributed by atoms with Crippen molar-refractivity contribution in [1.82, 2.24) is 5.32 Å². The number of esters is 1. The van der Waals surface area contributed by atoms with Crippen molar-refractivity contribution in [2.45, 2.75) is 44.9 Å². The number of carboxylic acid groups (broad SMARTS) is 1. The Labute approximate surface area is 145 Å². The van der Waals surface area contributed by atoms with Crippen molar-refractivity contribution >= 4 is 18.0 Å². The molecule has 2 atom stereocenters. The molecule has 0 radical (unpaired) electrons. The van der Waals surface area contributed by atoms with E-state index in [1.165, 1.54) is 19.2 Å². The first-order valence-electron chi connectivity index (χ1n) is 7.60. The molecule has 1 aromatic rings. The number of rotatable bonds is 6. The molecule has 8 heteroatoms. The zero-order valence-corrected chi connectivity index (χ0v) is 14.6. The van der Waals surface area contributed by atoms with Crippen molar-refractivity contribution < 1.29 is 34.1 Å². The smallest absolute Gasteiger partial charge is 0.408 e. The summed E-state index contributed by atoms with van der Waals surface area (Å²) < 4.78 is 9.50. The van der Waals surface area contributed by atoms with Gasteiger partial charge in [-0.25, -0.2) is 14.4 Å². The normalized spacial score (nSPS) is 13.5. The quantitative estimate of drug-likeness (QED) is 0.661. The molecule has 1 aromatic carbocycles. The van der Waals surface area contributed by atoms with Gasteiger partial charge in [0.25, 0.3) is 0 Å². The Kier molecular flexibility index (Phi) is 6.93. The maximum Gasteiger partial charge on any atom is 0.408 e. The molecule has 1 amide bonds. The fraction of sp³-hybridized carbons (Fsp3) is 0.471. The number of benzene rings is 1. The number of aliphatic carboxylic acids is 1. The number of nitrogens with one attached hydrogen (secondary N) is 1. The Balaban J connectivity index is 2.77. The molecule has 25 heavy (non-hydrogen) atoms. The maximum atomic E-state index is 11.7. The number of ether oxygens (including phenoxy) is 2. The molecule has 8 nitrogen and oxygen atoms in total. The minimum atomic E-state index is -1.41. The molecular formula is C17H23NO7. The summed E-state index contributed by atoms with van der Waals surface area (Å²) in [5, 5.41) is 21.3. The van der Waals surface area contributed by atoms with Crippen molar-refractivity contribution in [3.8, 4) is 0 Å². The second-order valence-corrected chi connectivity index (χ2v) is 6.41. The number of amides is 1. The highest BCUT2D eigenvalue weighted by Crippen LogP contribution is 2.16. The Hall–Kier alpha value is -2.61. The summed E-state index contributed by atoms with van der Waals surface area (Å²) in [5.74, 6) is -1.99. The molecule has 0 saturated carbocycles. The van der Waals surface area contributed by atoms with Gasteiger partial charge in [0.15, 0.2) is 6.10 Å². The second-order valence-electron chi connectivity index (χ2n) is 6.41. The van der Waals surface area contributed by atoms with E-state index in [1.54, 1.807) is 32.9 Å². The van der Waals surface area contributed by atoms with Crippen molar-refractivity contribution in [1.29, 1.82) is 0 Å². The standard InChI is InChI=1S/C17H23NO7/c1-17(2,3)25-16(23)18-12(14(20)21)9-10-5-7-11(8-6-10)13(19)15(22)24-4/h5-8,12-13,19H,9H2,1-4H3,(H,18,23)(H,20,21)/t12-,13?/m0/s1. The fourth-order valence-corrected chi connectivity index (χ4v) is 1.97. The summed E-state index contributed by atoms with van der Waals surface area (Å²) in [4.78, 5) is 34.4. The van der Waals surface area contributed by atoms with E-state index in [-0.39, 0.29) is 6.42 Å². The summed E-state index contributed by atoms with van der Waals surface area (Å²) in [6.07, 6.45) is -2.21. The van der Waals surface area contributed by atoms with Gasteiger partial charge in [0, 0.05) is 6.42 Å². The van der Waals surface area contributed by atoms with E-state index in [9.17, 15) is 24.6 Å². The van der Waals surface area contributed by atoms with Gasteiger partial charge in [-0.2, -0.15) is 0 Å². The number of alkyl carbamates (subject to hydrolysis) is 1. The van der Waals surface area contributed by atoms with Crippen molar-refractivity contribution in [2.24, 2.45) is 0 Å². The van der Waals surface area contributed by atoms with Crippen LogP contribution in [-0.4, -0.2) is 47.0 Å². The van der Waals surface area contributed by atoms with Gasteiger partial charge >= 0.3 is 18.0 Å². The predicted octanol–water partition coefficient (Wildman–Crippen LogP) is 1.41. The van der Waals surface area contributed by atoms with E-state index >= 15 is 0 Å². The molecule has 0 aliphatic carbocycles. The lowest BCUT2D eigenvalue weighted by Crippen LogP contribution is -2.44. The molecule has 0 spiro atoms. The lowest BCUT2D eigenvalue weighted by molar-refractivity contribution is -0.150. The van der Waals surface area contributed by atoms with E-state index < -0.39 is 35.8 Å². The topological polar surface area (TPSA) is 122 Å². The second kappa shape index (κ2) is 8.48. The van der Waals surface area contributed by atoms with Crippen LogP contribution in [0.3, 0.4) is 0 Å². The van der Waals surface area contributed by atoms with E-state index in [4.69, 9.17) is 4.74 Å². The van der Waals surface area contributed by atoms with E-state index in [0.29, 0.717) is 11.1 Å². The number of hydrogen-bond acceptors (Lipinski definition) is 6. The van der Waals surface area contributed by atoms with Crippen LogP contribution in [0.25, 0.3) is 0 Å². The largest absolute Gasteiger partial charge is 0.480 e. The summed E-state index contributed by atoms with van der Waals surface area (Å²) >= 11 is 0. The number of aliphatic hydroxyl groups is 1. The first kappa shape index (κ1) is 20.4. The first-order valence-corrected chi connectivity index (χ1v) is 7.60. The molecule has 0 fully saturated rings. The summed E-state index contributed by atoms with van der Waals surface area (Å²) in [7, 11) is 1.17. The molecule has 0 aliphatic rings. The molecule has 3 N–H and O–H groups in total. The molecule has 0 heterocycles. The summed E-state index contributed by atoms with van der Waals surface area (Å²) in [6.45, 7) is 5.02. The number of carbonyl (C=O) groups is 3. The van der Waals surface area contributed by atoms with Crippen molar-refractivity contribution in [2.75, 3.05) is 7.11 Å². The number of carbonyl (C=O) groups excluding carboxylic acids is 2. The average molecular weight is 353 g/mol. The lowest BCUT2D eigenvalue weighted by atomic mass is 10.0. The Bertz CT molecular complexity index is 619. The van der Waals surface area contributed by atoms with E-state index in [1.807, 2.05) is 0 Å². The SMILES string of the molecule is COC(=O)C(O)c1ccc(C[C@H](NC(=O)OC(C)(C)C)C(=O)O)cc1. The third-order valence-corrected chi connectivity index (χ3v) is 3.15. The van der Waals surface area contributed by atoms with Crippen LogP contribution in [0.5, 0.6) is 0 Å². The van der Waals surface area contributed by atoms with Crippen molar-refractivity contribution in [3.05, 3.63) is 35.4 Å². The third kappa shape index (κ3) is 6.80. The highest BCUT2D eigenvalue weighted by Gasteiger charge is 2.24. The number of methoxy groups -OCH3 is 1. The monoisotopic (exact) mass is 353 g/mol. The van der Waals surface area contributed by atoms with Gasteiger partial charge in [-0.3, -0.25) is 0 Å². The van der Waals surface area contributed by atoms with Gasteiger partial charge in [0.2, 0.25) is 0 Å². The highest BCUT2D eigenvalue weighted by atomic mass is 16.6. The Morgan fingerprint density at radius 1 is 1.16 bits per heavy atom. The molecule has 1 unspecified atom stereocenters. The summed E-state index contributed by atoms with van der Waals surface area (Å²) in [6, 6.07) is 4.93. The molecule has 0 aliphatic heterocycles. The Morgan fingerprint density at radius 2 is 1.72 bits per heavy atom. The van der Waals surface area contributed by atoms with Gasteiger partial charge in [-0.05, 0) is 31.9 Å². The fourth-order valence-electron chi connectivity index (χ4n) is 1.97. The van der Waals surface area contributed by atoms with Gasteiger partial charge < -0.3 is 25.0 Å². The van der Waals surface area contributed by atoms with Crippen LogP contribution in [-0.2, 0) is 25.5 Å². The minimum Gasteiger partial charge on any atom is -0.480 e. The predicted molar refractivity (Wildman–Crippen MR) is 87.9 cm³/mol. The molecule has 1 rings (SSSR count). The first-order chi connectivity index (χ1) is 11.5. The zero-order chi connectivity index (χ0) is 19.2. The molecule has 138 valence electrons. The van der Waals surface area contributed by atoms with Gasteiger partial charge in [-0.15, -0.1) is 0 Å². The highest BCUT2D eigenvalue weighted by molar-refractivity contribution is 5.80. The Morgan fingerprint density at radius 3 is 2.16 bits per heavy atom. The third-order valence-electron chi connectivity index (χ3n) is 3.15. The van der Waals surface area contributed by atoms with Gasteiger partial charge in [-0.1, -0.05) is 24.3 Å². The maximum absolute atomic E-state index is 11.7. The van der Waals surface area contributed by atoms with Crippen LogP contribution in [0, 0.1) is 0 Å². The van der Waals surface area contributed by atoms with Crippen LogP contribution >= 0.6 is 0 Å². The van der Waals surface area contributed by atoms with Crippen LogP contribution < -0.4 is 5.32 Å². The van der Waals surface area contributed by atoms with E-state index in [0.717, 1.165) is 0 Å². The zero-order valence-electron chi connectivity index (χ0n) is 14.6. The van der Waals surface area contributed by atoms with Crippen LogP contribution in [0.1, 0.15) is 38.0 Å². The number of hydrogen-bond donors (Lipinski definition) is 3. The van der Waals surface area contributed by atoms with Crippen LogP contribution in [0.2, 0.25) is 0 Å². The van der Waals surface area contributed by atoms with Crippen molar-refractivity contribution in [3.63, 3.8) is 0 Å². The minimum absolute atomic E-state index is 0.0170. The van der Waals surface area contributed by atoms with Gasteiger partial charge in [0.1, 0.15) is 11.6 Å². The van der Waals surface area contributed by atoms with Crippen LogP contribution in [0.4, 0.5) is 4.79 Å². The molecular weight excluding hydrogens is 330 g/mol. The average Bonchev–Trinajstić information content (AvgIpc) is 2.51. The molecule has 0 aromatic heterocycles. The molecule has 0 bridgehead atoms. The van der Waals surface area contributed by atoms with Crippen LogP contribution in [0.15, 0.2) is 24.3 Å². The summed E-state index contributed by atoms with van der Waals surface area (Å²) in [5.41, 5.74) is 0.186. The number of aliphatic hydroxyl groups excluding tert-OH is 1. The van der Waals surface area contributed by atoms with E-state index in [2.05, 4.69) is 10.1 Å². The van der Waals surface area contributed by atoms with Gasteiger partial charge in [0.05, 0.1) is 7.11 Å². The lowest BCUT2D eigenvalue weighted by Gasteiger charge is -2.22.